The van der Waals surface area contributed by atoms with E-state index in [-0.39, 0.29) is 35.8 Å². The maximum Gasteiger partial charge on any atom is 0.254 e. The first-order chi connectivity index (χ1) is 21.1. The molecule has 3 saturated heterocycles. The van der Waals surface area contributed by atoms with Gasteiger partial charge in [-0.05, 0) is 88.1 Å². The molecule has 8 rings (SSSR count). The Morgan fingerprint density at radius 3 is 2.59 bits per heavy atom. The van der Waals surface area contributed by atoms with Gasteiger partial charge in [-0.3, -0.25) is 9.10 Å². The highest BCUT2D eigenvalue weighted by atomic mass is 32.2. The summed E-state index contributed by atoms with van der Waals surface area (Å²) in [7, 11) is 0.163. The SMILES string of the molecule is COc1cc(C(=O)N2[C@H]3CC[C@@H]2[C@H](N)C3)cc2nc(-c3cc4ccc(N5[C@@H](C)CCCS5(=O)=O)nc4n3CC3CC3)n(C)c12. The molecule has 44 heavy (non-hydrogen) atoms. The van der Waals surface area contributed by atoms with Crippen LogP contribution >= 0.6 is 0 Å². The van der Waals surface area contributed by atoms with Gasteiger partial charge in [0, 0.05) is 48.7 Å². The number of methoxy groups -OCH3 is 1. The summed E-state index contributed by atoms with van der Waals surface area (Å²) in [5, 5.41) is 0.933. The summed E-state index contributed by atoms with van der Waals surface area (Å²) < 4.78 is 37.7. The van der Waals surface area contributed by atoms with Crippen molar-refractivity contribution in [3.05, 3.63) is 35.9 Å². The molecule has 2 bridgehead atoms. The molecule has 1 amide bonds. The third-order valence-corrected chi connectivity index (χ3v) is 12.2. The zero-order chi connectivity index (χ0) is 30.5. The predicted octanol–water partition coefficient (Wildman–Crippen LogP) is 4.03. The Labute approximate surface area is 257 Å². The lowest BCUT2D eigenvalue weighted by atomic mass is 9.97. The van der Waals surface area contributed by atoms with Gasteiger partial charge in [-0.15, -0.1) is 0 Å². The predicted molar refractivity (Wildman–Crippen MR) is 169 cm³/mol. The molecule has 2 N–H and O–H groups in total. The normalized spacial score (nSPS) is 26.3. The van der Waals surface area contributed by atoms with E-state index in [0.717, 1.165) is 73.1 Å². The van der Waals surface area contributed by atoms with Gasteiger partial charge in [-0.25, -0.2) is 18.4 Å². The number of benzene rings is 1. The second-order valence-corrected chi connectivity index (χ2v) is 15.2. The van der Waals surface area contributed by atoms with E-state index >= 15 is 0 Å². The van der Waals surface area contributed by atoms with Gasteiger partial charge in [0.15, 0.2) is 5.82 Å². The molecule has 1 aliphatic carbocycles. The fraction of sp³-hybridized carbons (Fsp3) is 0.531. The molecule has 12 heteroatoms. The lowest BCUT2D eigenvalue weighted by Crippen LogP contribution is -2.44. The number of carbonyl (C=O) groups excluding carboxylic acids is 1. The average molecular weight is 618 g/mol. The van der Waals surface area contributed by atoms with Crippen LogP contribution in [0, 0.1) is 5.92 Å². The Morgan fingerprint density at radius 1 is 1.09 bits per heavy atom. The van der Waals surface area contributed by atoms with E-state index in [1.807, 2.05) is 47.7 Å². The van der Waals surface area contributed by atoms with Crippen LogP contribution in [0.1, 0.15) is 62.2 Å². The van der Waals surface area contributed by atoms with Gasteiger partial charge in [0.1, 0.15) is 22.7 Å². The van der Waals surface area contributed by atoms with E-state index in [0.29, 0.717) is 35.0 Å². The number of carbonyl (C=O) groups is 1. The maximum absolute atomic E-state index is 13.8. The van der Waals surface area contributed by atoms with E-state index in [1.165, 1.54) is 4.31 Å². The minimum absolute atomic E-state index is 0.0145. The molecule has 3 aromatic heterocycles. The number of rotatable bonds is 6. The molecular weight excluding hydrogens is 578 g/mol. The van der Waals surface area contributed by atoms with Crippen molar-refractivity contribution >= 4 is 43.8 Å². The summed E-state index contributed by atoms with van der Waals surface area (Å²) in [6.45, 7) is 2.73. The molecule has 4 aliphatic rings. The van der Waals surface area contributed by atoms with Crippen LogP contribution in [0.5, 0.6) is 5.75 Å². The zero-order valence-electron chi connectivity index (χ0n) is 25.4. The van der Waals surface area contributed by atoms with Crippen molar-refractivity contribution in [1.29, 1.82) is 0 Å². The Balaban J connectivity index is 1.25. The third-order valence-electron chi connectivity index (χ3n) is 10.3. The topological polar surface area (TPSA) is 129 Å². The maximum atomic E-state index is 13.8. The average Bonchev–Trinajstić information content (AvgIpc) is 3.31. The molecule has 0 radical (unpaired) electrons. The molecule has 1 saturated carbocycles. The van der Waals surface area contributed by atoms with Gasteiger partial charge in [-0.2, -0.15) is 0 Å². The largest absolute Gasteiger partial charge is 0.494 e. The van der Waals surface area contributed by atoms with E-state index in [1.54, 1.807) is 7.11 Å². The fourth-order valence-corrected chi connectivity index (χ4v) is 9.68. The summed E-state index contributed by atoms with van der Waals surface area (Å²) in [4.78, 5) is 25.8. The Morgan fingerprint density at radius 2 is 1.91 bits per heavy atom. The number of aryl methyl sites for hydroxylation is 1. The minimum Gasteiger partial charge on any atom is -0.494 e. The van der Waals surface area contributed by atoms with Gasteiger partial charge in [0.25, 0.3) is 5.91 Å². The molecule has 232 valence electrons. The number of hydrogen-bond donors (Lipinski definition) is 1. The quantitative estimate of drug-likeness (QED) is 0.346. The number of ether oxygens (including phenoxy) is 1. The minimum atomic E-state index is -3.43. The van der Waals surface area contributed by atoms with Crippen molar-refractivity contribution in [2.24, 2.45) is 18.7 Å². The molecule has 1 aromatic carbocycles. The fourth-order valence-electron chi connectivity index (χ4n) is 7.91. The zero-order valence-corrected chi connectivity index (χ0v) is 26.3. The summed E-state index contributed by atoms with van der Waals surface area (Å²) >= 11 is 0. The Bertz CT molecular complexity index is 1930. The number of anilines is 1. The van der Waals surface area contributed by atoms with Crippen LogP contribution in [0.2, 0.25) is 0 Å². The molecule has 4 atom stereocenters. The van der Waals surface area contributed by atoms with Crippen molar-refractivity contribution in [3.8, 4) is 17.3 Å². The van der Waals surface area contributed by atoms with E-state index < -0.39 is 10.0 Å². The Kier molecular flexibility index (Phi) is 6.29. The number of nitrogens with two attached hydrogens (primary N) is 1. The number of amides is 1. The van der Waals surface area contributed by atoms with Crippen LogP contribution < -0.4 is 14.8 Å². The number of nitrogens with zero attached hydrogens (tertiary/aromatic N) is 6. The van der Waals surface area contributed by atoms with Crippen LogP contribution in [0.25, 0.3) is 33.6 Å². The summed E-state index contributed by atoms with van der Waals surface area (Å²) in [6.07, 6.45) is 6.59. The smallest absolute Gasteiger partial charge is 0.254 e. The van der Waals surface area contributed by atoms with Crippen molar-refractivity contribution in [2.45, 2.75) is 82.6 Å². The van der Waals surface area contributed by atoms with E-state index in [4.69, 9.17) is 20.4 Å². The molecule has 4 fully saturated rings. The molecule has 4 aromatic rings. The van der Waals surface area contributed by atoms with Crippen LogP contribution in [-0.4, -0.2) is 75.4 Å². The molecule has 11 nitrogen and oxygen atoms in total. The van der Waals surface area contributed by atoms with Crippen LogP contribution in [-0.2, 0) is 23.6 Å². The molecule has 0 spiro atoms. The lowest BCUT2D eigenvalue weighted by Gasteiger charge is -2.33. The molecule has 3 aliphatic heterocycles. The molecule has 0 unspecified atom stereocenters. The second kappa shape index (κ2) is 9.93. The first-order valence-electron chi connectivity index (χ1n) is 15.8. The molecular formula is C32H39N7O4S. The number of imidazole rings is 1. The van der Waals surface area contributed by atoms with Gasteiger partial charge in [0.2, 0.25) is 10.0 Å². The van der Waals surface area contributed by atoms with Gasteiger partial charge in [0.05, 0.1) is 24.1 Å². The molecule has 6 heterocycles. The van der Waals surface area contributed by atoms with E-state index in [9.17, 15) is 13.2 Å². The van der Waals surface area contributed by atoms with Gasteiger partial charge >= 0.3 is 0 Å². The van der Waals surface area contributed by atoms with Crippen molar-refractivity contribution in [3.63, 3.8) is 0 Å². The Hall–Kier alpha value is -3.64. The summed E-state index contributed by atoms with van der Waals surface area (Å²) in [5.41, 5.74) is 10.1. The highest BCUT2D eigenvalue weighted by Crippen LogP contribution is 2.41. The first kappa shape index (κ1) is 27.9. The highest BCUT2D eigenvalue weighted by Gasteiger charge is 2.47. The second-order valence-electron chi connectivity index (χ2n) is 13.2. The van der Waals surface area contributed by atoms with Crippen LogP contribution in [0.4, 0.5) is 5.82 Å². The monoisotopic (exact) mass is 617 g/mol. The van der Waals surface area contributed by atoms with E-state index in [2.05, 4.69) is 10.6 Å². The number of sulfonamides is 1. The van der Waals surface area contributed by atoms with Gasteiger partial charge < -0.3 is 24.5 Å². The number of hydrogen-bond acceptors (Lipinski definition) is 7. The first-order valence-corrected chi connectivity index (χ1v) is 17.4. The number of fused-ring (bicyclic) bond motifs is 4. The van der Waals surface area contributed by atoms with Gasteiger partial charge in [-0.1, -0.05) is 0 Å². The summed E-state index contributed by atoms with van der Waals surface area (Å²) in [6, 6.07) is 9.76. The van der Waals surface area contributed by atoms with Crippen molar-refractivity contribution in [1.82, 2.24) is 24.0 Å². The lowest BCUT2D eigenvalue weighted by molar-refractivity contribution is 0.0726. The van der Waals surface area contributed by atoms with Crippen LogP contribution in [0.3, 0.4) is 0 Å². The van der Waals surface area contributed by atoms with Crippen molar-refractivity contribution < 1.29 is 17.9 Å². The summed E-state index contributed by atoms with van der Waals surface area (Å²) in [5.74, 6) is 2.48. The highest BCUT2D eigenvalue weighted by molar-refractivity contribution is 7.92. The number of pyridine rings is 1. The standard InChI is InChI=1S/C32H39N7O4S/c1-18-5-4-12-44(41,42)39(18)28-11-8-20-14-26(37(30(20)35-28)17-19-6-7-19)31-34-24-13-21(15-27(43-3)29(24)36(31)2)32(40)38-22-9-10-25(38)23(33)16-22/h8,11,13-15,18-19,22-23,25H,4-7,9-10,12,16-17,33H2,1-3H3/t18-,22-,23+,25+/m0/s1. The van der Waals surface area contributed by atoms with Crippen molar-refractivity contribution in [2.75, 3.05) is 17.2 Å². The third kappa shape index (κ3) is 4.24. The number of aromatic nitrogens is 4. The van der Waals surface area contributed by atoms with Crippen LogP contribution in [0.15, 0.2) is 30.3 Å².